The van der Waals surface area contributed by atoms with Gasteiger partial charge in [0, 0.05) is 0 Å². The van der Waals surface area contributed by atoms with Crippen molar-refractivity contribution >= 4 is 14.1 Å². The molecular weight excluding hydrogens is 297 g/mol. The van der Waals surface area contributed by atoms with Crippen molar-refractivity contribution in [3.05, 3.63) is 0 Å². The van der Waals surface area contributed by atoms with Crippen LogP contribution in [0.25, 0.3) is 0 Å². The molecule has 10 nitrogen and oxygen atoms in total. The van der Waals surface area contributed by atoms with E-state index in [4.69, 9.17) is 15.3 Å². The molecule has 0 rings (SSSR count). The number of aliphatic hydroxyl groups is 4. The summed E-state index contributed by atoms with van der Waals surface area (Å²) in [6.45, 7) is -1.26. The molecule has 5 atom stereocenters. The molecule has 0 aromatic heterocycles. The second-order valence-electron chi connectivity index (χ2n) is 3.68. The SMILES string of the molecule is N#CCCOP(=O)(O)OC[C@@H](O)[C@@H](O)[C@H](O)[C@@H](O)C=O. The summed E-state index contributed by atoms with van der Waals surface area (Å²) in [6, 6.07) is 1.66. The number of nitrogens with zero attached hydrogens (tertiary/aromatic N) is 1. The highest BCUT2D eigenvalue weighted by molar-refractivity contribution is 7.47. The van der Waals surface area contributed by atoms with Gasteiger partial charge in [-0.3, -0.25) is 9.05 Å². The van der Waals surface area contributed by atoms with Gasteiger partial charge in [0.25, 0.3) is 0 Å². The molecule has 1 unspecified atom stereocenters. The second kappa shape index (κ2) is 9.12. The molecule has 0 radical (unpaired) electrons. The first-order valence-corrected chi connectivity index (χ1v) is 6.91. The fourth-order valence-corrected chi connectivity index (χ4v) is 1.76. The first-order chi connectivity index (χ1) is 9.25. The van der Waals surface area contributed by atoms with E-state index >= 15 is 0 Å². The molecule has 0 saturated carbocycles. The van der Waals surface area contributed by atoms with Gasteiger partial charge in [0.05, 0.1) is 25.7 Å². The molecule has 11 heteroatoms. The van der Waals surface area contributed by atoms with Crippen molar-refractivity contribution in [3.8, 4) is 6.07 Å². The van der Waals surface area contributed by atoms with Gasteiger partial charge >= 0.3 is 7.82 Å². The zero-order valence-electron chi connectivity index (χ0n) is 10.3. The van der Waals surface area contributed by atoms with Crippen LogP contribution in [0.5, 0.6) is 0 Å². The van der Waals surface area contributed by atoms with Crippen molar-refractivity contribution < 1.29 is 43.7 Å². The lowest BCUT2D eigenvalue weighted by molar-refractivity contribution is -0.136. The molecule has 0 amide bonds. The van der Waals surface area contributed by atoms with E-state index in [1.54, 1.807) is 6.07 Å². The van der Waals surface area contributed by atoms with Gasteiger partial charge in [0.2, 0.25) is 0 Å². The van der Waals surface area contributed by atoms with E-state index in [-0.39, 0.29) is 19.3 Å². The molecule has 0 aromatic rings. The average Bonchev–Trinajstić information content (AvgIpc) is 2.42. The van der Waals surface area contributed by atoms with Crippen LogP contribution < -0.4 is 0 Å². The first-order valence-electron chi connectivity index (χ1n) is 5.41. The summed E-state index contributed by atoms with van der Waals surface area (Å²) in [5.74, 6) is 0. The number of nitriles is 1. The predicted molar refractivity (Wildman–Crippen MR) is 62.1 cm³/mol. The molecule has 0 aliphatic carbocycles. The van der Waals surface area contributed by atoms with Gasteiger partial charge in [-0.25, -0.2) is 4.57 Å². The van der Waals surface area contributed by atoms with E-state index < -0.39 is 38.8 Å². The van der Waals surface area contributed by atoms with Crippen molar-refractivity contribution in [2.45, 2.75) is 30.8 Å². The van der Waals surface area contributed by atoms with Gasteiger partial charge in [-0.2, -0.15) is 5.26 Å². The molecule has 5 N–H and O–H groups in total. The summed E-state index contributed by atoms with van der Waals surface area (Å²) in [5.41, 5.74) is 0. The van der Waals surface area contributed by atoms with Crippen molar-refractivity contribution in [2.75, 3.05) is 13.2 Å². The lowest BCUT2D eigenvalue weighted by Crippen LogP contribution is -2.46. The number of hydrogen-bond acceptors (Lipinski definition) is 9. The van der Waals surface area contributed by atoms with Gasteiger partial charge in [0.15, 0.2) is 6.29 Å². The zero-order valence-corrected chi connectivity index (χ0v) is 11.2. The number of carbonyl (C=O) groups is 1. The minimum absolute atomic E-state index is 0.0522. The van der Waals surface area contributed by atoms with E-state index in [2.05, 4.69) is 9.05 Å². The molecule has 0 spiro atoms. The molecule has 20 heavy (non-hydrogen) atoms. The minimum atomic E-state index is -4.51. The molecule has 0 aromatic carbocycles. The fraction of sp³-hybridized carbons (Fsp3) is 0.778. The van der Waals surface area contributed by atoms with Crippen LogP contribution in [-0.2, 0) is 18.4 Å². The summed E-state index contributed by atoms with van der Waals surface area (Å²) in [6.07, 6.45) is -7.93. The summed E-state index contributed by atoms with van der Waals surface area (Å²) < 4.78 is 19.9. The maximum absolute atomic E-state index is 11.2. The number of aldehydes is 1. The summed E-state index contributed by atoms with van der Waals surface area (Å²) >= 11 is 0. The summed E-state index contributed by atoms with van der Waals surface area (Å²) in [4.78, 5) is 19.3. The van der Waals surface area contributed by atoms with Crippen LogP contribution in [0.15, 0.2) is 0 Å². The Hall–Kier alpha value is -0.890. The average molecular weight is 313 g/mol. The minimum Gasteiger partial charge on any atom is -0.388 e. The quantitative estimate of drug-likeness (QED) is 0.167. The molecule has 116 valence electrons. The van der Waals surface area contributed by atoms with Crippen LogP contribution >= 0.6 is 7.82 Å². The maximum Gasteiger partial charge on any atom is 0.472 e. The van der Waals surface area contributed by atoms with Crippen molar-refractivity contribution in [2.24, 2.45) is 0 Å². The molecular formula is C9H16NO9P. The topological polar surface area (TPSA) is 178 Å². The second-order valence-corrected chi connectivity index (χ2v) is 5.13. The highest BCUT2D eigenvalue weighted by Gasteiger charge is 2.32. The van der Waals surface area contributed by atoms with Crippen LogP contribution in [0.2, 0.25) is 0 Å². The predicted octanol–water partition coefficient (Wildman–Crippen LogP) is -2.32. The fourth-order valence-electron chi connectivity index (χ4n) is 1.02. The summed E-state index contributed by atoms with van der Waals surface area (Å²) in [5, 5.41) is 45.0. The van der Waals surface area contributed by atoms with Crippen LogP contribution in [0.1, 0.15) is 6.42 Å². The van der Waals surface area contributed by atoms with E-state index in [0.29, 0.717) is 0 Å². The normalized spacial score (nSPS) is 20.2. The third-order valence-corrected chi connectivity index (χ3v) is 3.09. The lowest BCUT2D eigenvalue weighted by Gasteiger charge is -2.24. The third kappa shape index (κ3) is 7.04. The number of hydrogen-bond donors (Lipinski definition) is 5. The maximum atomic E-state index is 11.2. The Morgan fingerprint density at radius 1 is 1.20 bits per heavy atom. The Kier molecular flexibility index (Phi) is 8.71. The van der Waals surface area contributed by atoms with Crippen molar-refractivity contribution in [1.82, 2.24) is 0 Å². The number of aliphatic hydroxyl groups excluding tert-OH is 4. The summed E-state index contributed by atoms with van der Waals surface area (Å²) in [7, 11) is -4.51. The highest BCUT2D eigenvalue weighted by Crippen LogP contribution is 2.43. The molecule has 0 heterocycles. The Labute approximate surface area is 114 Å². The Morgan fingerprint density at radius 3 is 2.30 bits per heavy atom. The highest BCUT2D eigenvalue weighted by atomic mass is 31.2. The molecule has 0 fully saturated rings. The molecule has 0 aliphatic rings. The van der Waals surface area contributed by atoms with Crippen LogP contribution in [0.4, 0.5) is 0 Å². The van der Waals surface area contributed by atoms with E-state index in [9.17, 15) is 24.7 Å². The molecule has 0 aliphatic heterocycles. The Balaban J connectivity index is 4.26. The monoisotopic (exact) mass is 313 g/mol. The largest absolute Gasteiger partial charge is 0.472 e. The van der Waals surface area contributed by atoms with Gasteiger partial charge in [0.1, 0.15) is 24.4 Å². The standard InChI is InChI=1S/C9H16NO9P/c10-2-1-3-18-20(16,17)19-5-7(13)9(15)8(14)6(12)4-11/h4,6-9,12-15H,1,3,5H2,(H,16,17)/t6-,7+,8+,9+/m0/s1. The van der Waals surface area contributed by atoms with Gasteiger partial charge < -0.3 is 30.1 Å². The number of rotatable bonds is 10. The number of phosphoric ester groups is 1. The van der Waals surface area contributed by atoms with E-state index in [1.165, 1.54) is 0 Å². The van der Waals surface area contributed by atoms with Crippen LogP contribution in [0, 0.1) is 11.3 Å². The first kappa shape index (κ1) is 19.1. The van der Waals surface area contributed by atoms with E-state index in [1.807, 2.05) is 0 Å². The van der Waals surface area contributed by atoms with Crippen molar-refractivity contribution in [3.63, 3.8) is 0 Å². The third-order valence-electron chi connectivity index (χ3n) is 2.11. The van der Waals surface area contributed by atoms with Gasteiger partial charge in [-0.1, -0.05) is 0 Å². The molecule has 0 bridgehead atoms. The smallest absolute Gasteiger partial charge is 0.388 e. The van der Waals surface area contributed by atoms with Gasteiger partial charge in [-0.15, -0.1) is 0 Å². The molecule has 0 saturated heterocycles. The lowest BCUT2D eigenvalue weighted by atomic mass is 10.0. The zero-order chi connectivity index (χ0) is 15.8. The van der Waals surface area contributed by atoms with Gasteiger partial charge in [-0.05, 0) is 0 Å². The Morgan fingerprint density at radius 2 is 1.80 bits per heavy atom. The van der Waals surface area contributed by atoms with Crippen LogP contribution in [0.3, 0.4) is 0 Å². The van der Waals surface area contributed by atoms with Crippen LogP contribution in [-0.4, -0.2) is 69.2 Å². The van der Waals surface area contributed by atoms with E-state index in [0.717, 1.165) is 0 Å². The Bertz CT molecular complexity index is 384. The number of carbonyl (C=O) groups excluding carboxylic acids is 1. The van der Waals surface area contributed by atoms with Crippen molar-refractivity contribution in [1.29, 1.82) is 5.26 Å². The number of phosphoric acid groups is 1.